The lowest BCUT2D eigenvalue weighted by molar-refractivity contribution is 0.100. The number of aromatic nitrogens is 2. The number of nitrogens with one attached hydrogen (secondary N) is 1. The lowest BCUT2D eigenvalue weighted by Gasteiger charge is -2.17. The predicted molar refractivity (Wildman–Crippen MR) is 95.1 cm³/mol. The molecule has 0 aliphatic rings. The van der Waals surface area contributed by atoms with E-state index in [0.717, 1.165) is 22.6 Å². The van der Waals surface area contributed by atoms with Crippen molar-refractivity contribution in [1.29, 1.82) is 0 Å². The van der Waals surface area contributed by atoms with Crippen molar-refractivity contribution in [2.24, 2.45) is 5.73 Å². The van der Waals surface area contributed by atoms with E-state index in [0.29, 0.717) is 0 Å². The van der Waals surface area contributed by atoms with Crippen LogP contribution < -0.4 is 10.5 Å². The minimum atomic E-state index is -3.77. The van der Waals surface area contributed by atoms with Gasteiger partial charge in [-0.3, -0.25) is 4.79 Å². The maximum atomic E-state index is 12.6. The molecule has 25 heavy (non-hydrogen) atoms. The third kappa shape index (κ3) is 3.63. The summed E-state index contributed by atoms with van der Waals surface area (Å²) in [5.41, 5.74) is 6.92. The number of para-hydroxylation sites is 1. The number of primary amides is 1. The van der Waals surface area contributed by atoms with Crippen molar-refractivity contribution in [3.63, 3.8) is 0 Å². The van der Waals surface area contributed by atoms with Crippen molar-refractivity contribution in [3.8, 4) is 5.69 Å². The van der Waals surface area contributed by atoms with Crippen LogP contribution in [0.1, 0.15) is 28.9 Å². The molecular weight excluding hydrogens is 360 g/mol. The standard InChI is InChI=1S/C16H16N4O3S2/c1-11(13-5-2-3-6-14(13)20-8-4-7-18-20)19-25(22,23)15-9-12(10-24-15)16(17)21/h2-11,19H,1H3,(H2,17,21). The second-order valence-corrected chi connectivity index (χ2v) is 8.22. The average molecular weight is 376 g/mol. The third-order valence-corrected chi connectivity index (χ3v) is 6.59. The molecule has 2 heterocycles. The molecule has 0 radical (unpaired) electrons. The molecule has 0 bridgehead atoms. The van der Waals surface area contributed by atoms with Crippen molar-refractivity contribution in [1.82, 2.24) is 14.5 Å². The van der Waals surface area contributed by atoms with Gasteiger partial charge >= 0.3 is 0 Å². The number of carbonyl (C=O) groups is 1. The third-order valence-electron chi connectivity index (χ3n) is 3.61. The predicted octanol–water partition coefficient (Wildman–Crippen LogP) is 2.07. The lowest BCUT2D eigenvalue weighted by atomic mass is 10.1. The van der Waals surface area contributed by atoms with Gasteiger partial charge in [0.2, 0.25) is 5.91 Å². The molecule has 0 aliphatic carbocycles. The molecule has 130 valence electrons. The second kappa shape index (κ2) is 6.79. The van der Waals surface area contributed by atoms with Crippen LogP contribution in [-0.4, -0.2) is 24.1 Å². The molecule has 1 atom stereocenters. The van der Waals surface area contributed by atoms with Gasteiger partial charge in [-0.25, -0.2) is 17.8 Å². The molecule has 0 spiro atoms. The van der Waals surface area contributed by atoms with E-state index in [-0.39, 0.29) is 9.77 Å². The molecule has 0 aliphatic heterocycles. The number of nitrogens with zero attached hydrogens (tertiary/aromatic N) is 2. The summed E-state index contributed by atoms with van der Waals surface area (Å²) in [7, 11) is -3.77. The smallest absolute Gasteiger partial charge is 0.250 e. The van der Waals surface area contributed by atoms with Crippen LogP contribution in [0.5, 0.6) is 0 Å². The Morgan fingerprint density at radius 2 is 2.08 bits per heavy atom. The Morgan fingerprint density at radius 1 is 1.32 bits per heavy atom. The molecule has 0 fully saturated rings. The van der Waals surface area contributed by atoms with E-state index < -0.39 is 22.0 Å². The first kappa shape index (κ1) is 17.3. The molecule has 1 aromatic carbocycles. The van der Waals surface area contributed by atoms with Crippen LogP contribution in [0.15, 0.2) is 58.4 Å². The Balaban J connectivity index is 1.89. The van der Waals surface area contributed by atoms with Crippen molar-refractivity contribution in [2.45, 2.75) is 17.2 Å². The highest BCUT2D eigenvalue weighted by Crippen LogP contribution is 2.25. The monoisotopic (exact) mass is 376 g/mol. The number of hydrogen-bond acceptors (Lipinski definition) is 5. The highest BCUT2D eigenvalue weighted by atomic mass is 32.2. The van der Waals surface area contributed by atoms with E-state index in [2.05, 4.69) is 9.82 Å². The van der Waals surface area contributed by atoms with Gasteiger partial charge in [0.15, 0.2) is 0 Å². The van der Waals surface area contributed by atoms with Crippen LogP contribution in [-0.2, 0) is 10.0 Å². The van der Waals surface area contributed by atoms with Crippen molar-refractivity contribution in [2.75, 3.05) is 0 Å². The van der Waals surface area contributed by atoms with Gasteiger partial charge in [-0.1, -0.05) is 18.2 Å². The maximum absolute atomic E-state index is 12.6. The molecule has 3 rings (SSSR count). The maximum Gasteiger partial charge on any atom is 0.250 e. The summed E-state index contributed by atoms with van der Waals surface area (Å²) in [5.74, 6) is -0.658. The fourth-order valence-corrected chi connectivity index (χ4v) is 4.82. The zero-order chi connectivity index (χ0) is 18.0. The highest BCUT2D eigenvalue weighted by molar-refractivity contribution is 7.91. The van der Waals surface area contributed by atoms with E-state index in [1.807, 2.05) is 24.3 Å². The van der Waals surface area contributed by atoms with E-state index in [1.54, 1.807) is 30.1 Å². The van der Waals surface area contributed by atoms with Gasteiger partial charge in [-0.2, -0.15) is 5.10 Å². The molecule has 2 aromatic heterocycles. The van der Waals surface area contributed by atoms with E-state index in [1.165, 1.54) is 11.4 Å². The van der Waals surface area contributed by atoms with Crippen molar-refractivity contribution in [3.05, 3.63) is 65.3 Å². The van der Waals surface area contributed by atoms with Gasteiger partial charge in [0, 0.05) is 23.8 Å². The van der Waals surface area contributed by atoms with Crippen LogP contribution in [0.25, 0.3) is 5.69 Å². The summed E-state index contributed by atoms with van der Waals surface area (Å²) in [5, 5.41) is 5.63. The first-order valence-corrected chi connectivity index (χ1v) is 9.74. The Bertz CT molecular complexity index is 994. The zero-order valence-electron chi connectivity index (χ0n) is 13.3. The number of benzene rings is 1. The Kier molecular flexibility index (Phi) is 4.71. The van der Waals surface area contributed by atoms with E-state index in [4.69, 9.17) is 5.73 Å². The zero-order valence-corrected chi connectivity index (χ0v) is 14.9. The van der Waals surface area contributed by atoms with Crippen LogP contribution in [0.4, 0.5) is 0 Å². The Hall–Kier alpha value is -2.49. The summed E-state index contributed by atoms with van der Waals surface area (Å²) in [6.45, 7) is 1.75. The van der Waals surface area contributed by atoms with Gasteiger partial charge in [0.05, 0.1) is 11.3 Å². The van der Waals surface area contributed by atoms with Gasteiger partial charge in [-0.05, 0) is 30.7 Å². The van der Waals surface area contributed by atoms with Crippen molar-refractivity contribution < 1.29 is 13.2 Å². The normalized spacial score (nSPS) is 12.8. The van der Waals surface area contributed by atoms with Crippen LogP contribution >= 0.6 is 11.3 Å². The quantitative estimate of drug-likeness (QED) is 0.687. The van der Waals surface area contributed by atoms with Gasteiger partial charge in [-0.15, -0.1) is 11.3 Å². The first-order valence-electron chi connectivity index (χ1n) is 7.38. The number of amides is 1. The number of sulfonamides is 1. The first-order chi connectivity index (χ1) is 11.9. The molecule has 1 amide bonds. The Labute approximate surface area is 149 Å². The SMILES string of the molecule is CC(NS(=O)(=O)c1cc(C(N)=O)cs1)c1ccccc1-n1cccn1. The van der Waals surface area contributed by atoms with Gasteiger partial charge in [0.25, 0.3) is 10.0 Å². The number of rotatable bonds is 6. The van der Waals surface area contributed by atoms with Crippen LogP contribution in [0, 0.1) is 0 Å². The molecule has 7 nitrogen and oxygen atoms in total. The fourth-order valence-electron chi connectivity index (χ4n) is 2.41. The van der Waals surface area contributed by atoms with Gasteiger partial charge in [0.1, 0.15) is 4.21 Å². The number of hydrogen-bond donors (Lipinski definition) is 2. The minimum absolute atomic E-state index is 0.0460. The molecule has 3 aromatic rings. The number of nitrogens with two attached hydrogens (primary N) is 1. The fraction of sp³-hybridized carbons (Fsp3) is 0.125. The molecule has 1 unspecified atom stereocenters. The summed E-state index contributed by atoms with van der Waals surface area (Å²) in [6, 6.07) is 9.98. The second-order valence-electron chi connectivity index (χ2n) is 5.37. The van der Waals surface area contributed by atoms with E-state index in [9.17, 15) is 13.2 Å². The molecule has 0 saturated carbocycles. The largest absolute Gasteiger partial charge is 0.366 e. The lowest BCUT2D eigenvalue weighted by Crippen LogP contribution is -2.27. The molecular formula is C16H16N4O3S2. The average Bonchev–Trinajstić information content (AvgIpc) is 3.26. The van der Waals surface area contributed by atoms with Gasteiger partial charge < -0.3 is 5.73 Å². The molecule has 9 heteroatoms. The minimum Gasteiger partial charge on any atom is -0.366 e. The van der Waals surface area contributed by atoms with E-state index >= 15 is 0 Å². The van der Waals surface area contributed by atoms with Crippen molar-refractivity contribution >= 4 is 27.3 Å². The highest BCUT2D eigenvalue weighted by Gasteiger charge is 2.23. The van der Waals surface area contributed by atoms with Crippen LogP contribution in [0.2, 0.25) is 0 Å². The van der Waals surface area contributed by atoms with Crippen LogP contribution in [0.3, 0.4) is 0 Å². The molecule has 3 N–H and O–H groups in total. The number of carbonyl (C=O) groups excluding carboxylic acids is 1. The molecule has 0 saturated heterocycles. The summed E-state index contributed by atoms with van der Waals surface area (Å²) < 4.78 is 29.5. The topological polar surface area (TPSA) is 107 Å². The summed E-state index contributed by atoms with van der Waals surface area (Å²) >= 11 is 0.955. The summed E-state index contributed by atoms with van der Waals surface area (Å²) in [4.78, 5) is 11.2. The Morgan fingerprint density at radius 3 is 2.72 bits per heavy atom. The number of thiophene rings is 1. The summed E-state index contributed by atoms with van der Waals surface area (Å²) in [6.07, 6.45) is 3.45.